The summed E-state index contributed by atoms with van der Waals surface area (Å²) >= 11 is 0. The lowest BCUT2D eigenvalue weighted by Gasteiger charge is -2.30. The van der Waals surface area contributed by atoms with E-state index >= 15 is 0 Å². The van der Waals surface area contributed by atoms with Crippen molar-refractivity contribution < 1.29 is 0 Å². The fraction of sp³-hybridized carbons (Fsp3) is 0.280. The number of benzene rings is 3. The van der Waals surface area contributed by atoms with Gasteiger partial charge in [0.2, 0.25) is 0 Å². The predicted octanol–water partition coefficient (Wildman–Crippen LogP) is 6.96. The fourth-order valence-corrected chi connectivity index (χ4v) is 4.33. The molecule has 25 heavy (non-hydrogen) atoms. The molecule has 0 aliphatic heterocycles. The van der Waals surface area contributed by atoms with Crippen LogP contribution in [0, 0.1) is 0 Å². The van der Waals surface area contributed by atoms with Crippen molar-refractivity contribution in [1.29, 1.82) is 0 Å². The monoisotopic (exact) mass is 326 g/mol. The van der Waals surface area contributed by atoms with E-state index in [0.29, 0.717) is 0 Å². The first kappa shape index (κ1) is 16.1. The maximum Gasteiger partial charge on any atom is 0.0161 e. The van der Waals surface area contributed by atoms with Gasteiger partial charge in [-0.1, -0.05) is 95.3 Å². The first-order chi connectivity index (χ1) is 11.8. The zero-order valence-corrected chi connectivity index (χ0v) is 15.9. The molecule has 0 heterocycles. The van der Waals surface area contributed by atoms with Crippen molar-refractivity contribution >= 4 is 0 Å². The van der Waals surface area contributed by atoms with Gasteiger partial charge in [-0.25, -0.2) is 0 Å². The molecule has 0 saturated carbocycles. The number of hydrogen-bond acceptors (Lipinski definition) is 0. The van der Waals surface area contributed by atoms with Gasteiger partial charge in [0.15, 0.2) is 0 Å². The molecule has 0 unspecified atom stereocenters. The molecule has 0 N–H and O–H groups in total. The van der Waals surface area contributed by atoms with Gasteiger partial charge in [0.1, 0.15) is 0 Å². The van der Waals surface area contributed by atoms with Crippen LogP contribution in [-0.4, -0.2) is 0 Å². The summed E-state index contributed by atoms with van der Waals surface area (Å²) < 4.78 is 0. The molecule has 0 atom stereocenters. The first-order valence-corrected chi connectivity index (χ1v) is 9.14. The Bertz CT molecular complexity index is 938. The Morgan fingerprint density at radius 1 is 0.680 bits per heavy atom. The van der Waals surface area contributed by atoms with Crippen molar-refractivity contribution in [3.05, 3.63) is 83.4 Å². The predicted molar refractivity (Wildman–Crippen MR) is 108 cm³/mol. The highest BCUT2D eigenvalue weighted by Gasteiger charge is 2.39. The molecule has 0 bridgehead atoms. The summed E-state index contributed by atoms with van der Waals surface area (Å²) in [7, 11) is 0. The summed E-state index contributed by atoms with van der Waals surface area (Å²) in [5.74, 6) is 0. The third-order valence-electron chi connectivity index (χ3n) is 5.59. The molecule has 0 aromatic heterocycles. The largest absolute Gasteiger partial charge is 0.0622 e. The average Bonchev–Trinajstić information content (AvgIpc) is 2.82. The third kappa shape index (κ3) is 2.43. The van der Waals surface area contributed by atoms with E-state index in [-0.39, 0.29) is 10.8 Å². The van der Waals surface area contributed by atoms with Crippen LogP contribution in [0.3, 0.4) is 0 Å². The highest BCUT2D eigenvalue weighted by Crippen LogP contribution is 2.52. The molecule has 4 rings (SSSR count). The van der Waals surface area contributed by atoms with E-state index in [1.54, 1.807) is 0 Å². The lowest BCUT2D eigenvalue weighted by Crippen LogP contribution is -2.23. The van der Waals surface area contributed by atoms with Gasteiger partial charge in [-0.3, -0.25) is 0 Å². The second kappa shape index (κ2) is 5.33. The van der Waals surface area contributed by atoms with Crippen LogP contribution >= 0.6 is 0 Å². The minimum absolute atomic E-state index is 0.0454. The highest BCUT2D eigenvalue weighted by molar-refractivity contribution is 5.85. The average molecular weight is 326 g/mol. The first-order valence-electron chi connectivity index (χ1n) is 9.14. The summed E-state index contributed by atoms with van der Waals surface area (Å²) in [5.41, 5.74) is 9.98. The smallest absolute Gasteiger partial charge is 0.0161 e. The standard InChI is InChI=1S/C25H26/c1-24(2,3)22-13-9-12-19-20-16-18(17-10-7-6-8-11-17)14-15-21(20)25(4,5)23(19)22/h6-16H,1-5H3. The molecule has 0 fully saturated rings. The van der Waals surface area contributed by atoms with E-state index in [4.69, 9.17) is 0 Å². The fourth-order valence-electron chi connectivity index (χ4n) is 4.33. The van der Waals surface area contributed by atoms with E-state index < -0.39 is 0 Å². The Kier molecular flexibility index (Phi) is 3.44. The van der Waals surface area contributed by atoms with Crippen LogP contribution in [0.1, 0.15) is 51.3 Å². The molecule has 3 aromatic rings. The Morgan fingerprint density at radius 3 is 2.08 bits per heavy atom. The van der Waals surface area contributed by atoms with Gasteiger partial charge in [0.05, 0.1) is 0 Å². The van der Waals surface area contributed by atoms with Gasteiger partial charge in [-0.15, -0.1) is 0 Å². The molecule has 0 radical (unpaired) electrons. The molecular weight excluding hydrogens is 300 g/mol. The van der Waals surface area contributed by atoms with Crippen LogP contribution in [0.25, 0.3) is 22.3 Å². The van der Waals surface area contributed by atoms with Crippen LogP contribution in [0.5, 0.6) is 0 Å². The molecule has 1 aliphatic carbocycles. The maximum absolute atomic E-state index is 2.38. The quantitative estimate of drug-likeness (QED) is 0.453. The van der Waals surface area contributed by atoms with Crippen LogP contribution in [0.4, 0.5) is 0 Å². The van der Waals surface area contributed by atoms with Gasteiger partial charge in [0.25, 0.3) is 0 Å². The van der Waals surface area contributed by atoms with Crippen LogP contribution in [0.2, 0.25) is 0 Å². The zero-order valence-electron chi connectivity index (χ0n) is 15.9. The summed E-state index contributed by atoms with van der Waals surface area (Å²) in [4.78, 5) is 0. The minimum Gasteiger partial charge on any atom is -0.0622 e. The lowest BCUT2D eigenvalue weighted by atomic mass is 9.74. The molecule has 3 aromatic carbocycles. The van der Waals surface area contributed by atoms with Crippen molar-refractivity contribution in [2.75, 3.05) is 0 Å². The SMILES string of the molecule is CC(C)(C)c1cccc2c1C(C)(C)c1ccc(-c3ccccc3)cc1-2. The van der Waals surface area contributed by atoms with E-state index in [2.05, 4.69) is 101 Å². The normalized spacial score (nSPS) is 14.9. The maximum atomic E-state index is 2.38. The van der Waals surface area contributed by atoms with Crippen LogP contribution < -0.4 is 0 Å². The molecule has 0 spiro atoms. The molecular formula is C25H26. The van der Waals surface area contributed by atoms with E-state index in [1.807, 2.05) is 0 Å². The molecule has 126 valence electrons. The number of rotatable bonds is 1. The lowest BCUT2D eigenvalue weighted by molar-refractivity contribution is 0.556. The zero-order chi connectivity index (χ0) is 17.8. The van der Waals surface area contributed by atoms with E-state index in [1.165, 1.54) is 38.9 Å². The molecule has 0 saturated heterocycles. The Morgan fingerprint density at radius 2 is 1.40 bits per heavy atom. The summed E-state index contributed by atoms with van der Waals surface area (Å²) in [6.07, 6.45) is 0. The van der Waals surface area contributed by atoms with Gasteiger partial charge in [-0.2, -0.15) is 0 Å². The van der Waals surface area contributed by atoms with Crippen molar-refractivity contribution in [2.24, 2.45) is 0 Å². The van der Waals surface area contributed by atoms with Crippen molar-refractivity contribution in [3.8, 4) is 22.3 Å². The second-order valence-corrected chi connectivity index (χ2v) is 8.73. The van der Waals surface area contributed by atoms with Crippen LogP contribution in [-0.2, 0) is 10.8 Å². The Labute approximate surface area is 151 Å². The number of hydrogen-bond donors (Lipinski definition) is 0. The van der Waals surface area contributed by atoms with E-state index in [9.17, 15) is 0 Å². The van der Waals surface area contributed by atoms with Gasteiger partial charge in [0, 0.05) is 5.41 Å². The number of fused-ring (bicyclic) bond motifs is 3. The molecule has 0 nitrogen and oxygen atoms in total. The van der Waals surface area contributed by atoms with Crippen molar-refractivity contribution in [1.82, 2.24) is 0 Å². The third-order valence-corrected chi connectivity index (χ3v) is 5.59. The molecule has 0 amide bonds. The summed E-state index contributed by atoms with van der Waals surface area (Å²) in [5, 5.41) is 0. The minimum atomic E-state index is 0.0454. The Balaban J connectivity index is 1.98. The topological polar surface area (TPSA) is 0 Å². The summed E-state index contributed by atoms with van der Waals surface area (Å²) in [6.45, 7) is 11.7. The van der Waals surface area contributed by atoms with Gasteiger partial charge < -0.3 is 0 Å². The molecule has 0 heteroatoms. The molecule has 1 aliphatic rings. The van der Waals surface area contributed by atoms with Crippen molar-refractivity contribution in [2.45, 2.75) is 45.4 Å². The van der Waals surface area contributed by atoms with E-state index in [0.717, 1.165) is 0 Å². The van der Waals surface area contributed by atoms with Crippen molar-refractivity contribution in [3.63, 3.8) is 0 Å². The van der Waals surface area contributed by atoms with Crippen LogP contribution in [0.15, 0.2) is 66.7 Å². The Hall–Kier alpha value is -2.34. The van der Waals surface area contributed by atoms with Gasteiger partial charge in [-0.05, 0) is 50.4 Å². The highest BCUT2D eigenvalue weighted by atomic mass is 14.4. The second-order valence-electron chi connectivity index (χ2n) is 8.73. The van der Waals surface area contributed by atoms with Gasteiger partial charge >= 0.3 is 0 Å². The summed E-state index contributed by atoms with van der Waals surface area (Å²) in [6, 6.07) is 24.5.